The average molecular weight is 210 g/mol. The summed E-state index contributed by atoms with van der Waals surface area (Å²) >= 11 is 0. The summed E-state index contributed by atoms with van der Waals surface area (Å²) in [5, 5.41) is 11.6. The summed E-state index contributed by atoms with van der Waals surface area (Å²) in [4.78, 5) is 15.3. The van der Waals surface area contributed by atoms with E-state index in [2.05, 4.69) is 10.3 Å². The van der Waals surface area contributed by atoms with E-state index in [4.69, 9.17) is 9.84 Å². The van der Waals surface area contributed by atoms with Crippen molar-refractivity contribution in [3.63, 3.8) is 0 Å². The number of aliphatic hydroxyl groups is 1. The molecule has 1 atom stereocenters. The third kappa shape index (κ3) is 3.00. The van der Waals surface area contributed by atoms with Gasteiger partial charge in [0.25, 0.3) is 5.91 Å². The number of anilines is 1. The van der Waals surface area contributed by atoms with Crippen molar-refractivity contribution in [3.05, 3.63) is 24.0 Å². The van der Waals surface area contributed by atoms with Gasteiger partial charge in [0, 0.05) is 18.9 Å². The van der Waals surface area contributed by atoms with Gasteiger partial charge in [-0.2, -0.15) is 0 Å². The summed E-state index contributed by atoms with van der Waals surface area (Å²) in [6, 6.07) is 1.65. The molecule has 1 rings (SSSR count). The third-order valence-corrected chi connectivity index (χ3v) is 2.06. The van der Waals surface area contributed by atoms with Crippen molar-refractivity contribution < 1.29 is 14.6 Å². The van der Waals surface area contributed by atoms with Gasteiger partial charge >= 0.3 is 0 Å². The van der Waals surface area contributed by atoms with E-state index in [0.29, 0.717) is 11.3 Å². The van der Waals surface area contributed by atoms with Crippen LogP contribution < -0.4 is 5.32 Å². The molecule has 1 heterocycles. The molecule has 5 nitrogen and oxygen atoms in total. The Bertz CT molecular complexity index is 341. The smallest absolute Gasteiger partial charge is 0.253 e. The van der Waals surface area contributed by atoms with Crippen LogP contribution in [0.2, 0.25) is 0 Å². The minimum atomic E-state index is -0.531. The zero-order valence-corrected chi connectivity index (χ0v) is 8.73. The number of carbonyl (C=O) groups is 1. The molecule has 0 aliphatic carbocycles. The zero-order valence-electron chi connectivity index (χ0n) is 8.73. The first-order valence-corrected chi connectivity index (χ1v) is 4.56. The van der Waals surface area contributed by atoms with E-state index in [9.17, 15) is 4.79 Å². The molecule has 0 saturated heterocycles. The predicted octanol–water partition coefficient (Wildman–Crippen LogP) is 0.547. The summed E-state index contributed by atoms with van der Waals surface area (Å²) in [7, 11) is 1.46. The molecular formula is C10H14N2O3. The molecule has 1 aromatic rings. The van der Waals surface area contributed by atoms with E-state index >= 15 is 0 Å². The molecule has 1 unspecified atom stereocenters. The summed E-state index contributed by atoms with van der Waals surface area (Å²) < 4.78 is 4.86. The van der Waals surface area contributed by atoms with Crippen molar-refractivity contribution in [1.29, 1.82) is 0 Å². The monoisotopic (exact) mass is 210 g/mol. The number of ether oxygens (including phenoxy) is 1. The number of pyridine rings is 1. The van der Waals surface area contributed by atoms with Crippen LogP contribution in [-0.2, 0) is 16.1 Å². The van der Waals surface area contributed by atoms with Gasteiger partial charge in [0.1, 0.15) is 6.10 Å². The van der Waals surface area contributed by atoms with Crippen molar-refractivity contribution in [2.24, 2.45) is 0 Å². The van der Waals surface area contributed by atoms with Crippen LogP contribution in [0.15, 0.2) is 18.5 Å². The van der Waals surface area contributed by atoms with Gasteiger partial charge in [0.15, 0.2) is 0 Å². The Morgan fingerprint density at radius 2 is 2.47 bits per heavy atom. The Hall–Kier alpha value is -1.46. The maximum atomic E-state index is 11.5. The molecule has 2 N–H and O–H groups in total. The standard InChI is InChI=1S/C10H14N2O3/c1-7(15-2)10(14)12-9-5-11-4-3-8(9)6-13/h3-5,7,13H,6H2,1-2H3,(H,12,14). The number of nitrogens with zero attached hydrogens (tertiary/aromatic N) is 1. The van der Waals surface area contributed by atoms with Crippen molar-refractivity contribution in [2.45, 2.75) is 19.6 Å². The molecule has 0 spiro atoms. The van der Waals surface area contributed by atoms with Crippen molar-refractivity contribution >= 4 is 11.6 Å². The lowest BCUT2D eigenvalue weighted by atomic mass is 10.2. The highest BCUT2D eigenvalue weighted by atomic mass is 16.5. The van der Waals surface area contributed by atoms with Crippen molar-refractivity contribution in [2.75, 3.05) is 12.4 Å². The number of carbonyl (C=O) groups excluding carboxylic acids is 1. The fourth-order valence-electron chi connectivity index (χ4n) is 1.02. The molecule has 82 valence electrons. The second-order valence-corrected chi connectivity index (χ2v) is 3.06. The van der Waals surface area contributed by atoms with Crippen LogP contribution in [0.1, 0.15) is 12.5 Å². The van der Waals surface area contributed by atoms with Crippen LogP contribution in [0, 0.1) is 0 Å². The molecule has 0 fully saturated rings. The van der Waals surface area contributed by atoms with E-state index < -0.39 is 6.10 Å². The van der Waals surface area contributed by atoms with Crippen LogP contribution in [-0.4, -0.2) is 29.2 Å². The van der Waals surface area contributed by atoms with Gasteiger partial charge in [0.2, 0.25) is 0 Å². The lowest BCUT2D eigenvalue weighted by Gasteiger charge is -2.12. The second kappa shape index (κ2) is 5.43. The van der Waals surface area contributed by atoms with Gasteiger partial charge < -0.3 is 15.2 Å². The number of nitrogens with one attached hydrogen (secondary N) is 1. The quantitative estimate of drug-likeness (QED) is 0.761. The number of aliphatic hydroxyl groups excluding tert-OH is 1. The van der Waals surface area contributed by atoms with E-state index in [0.717, 1.165) is 0 Å². The van der Waals surface area contributed by atoms with Gasteiger partial charge in [-0.1, -0.05) is 0 Å². The van der Waals surface area contributed by atoms with E-state index in [-0.39, 0.29) is 12.5 Å². The maximum absolute atomic E-state index is 11.5. The van der Waals surface area contributed by atoms with Crippen LogP contribution in [0.25, 0.3) is 0 Å². The number of hydrogen-bond acceptors (Lipinski definition) is 4. The number of methoxy groups -OCH3 is 1. The number of hydrogen-bond donors (Lipinski definition) is 2. The van der Waals surface area contributed by atoms with E-state index in [1.807, 2.05) is 0 Å². The lowest BCUT2D eigenvalue weighted by molar-refractivity contribution is -0.124. The molecule has 15 heavy (non-hydrogen) atoms. The fourth-order valence-corrected chi connectivity index (χ4v) is 1.02. The molecule has 1 amide bonds. The Morgan fingerprint density at radius 3 is 3.07 bits per heavy atom. The molecule has 0 saturated carbocycles. The minimum Gasteiger partial charge on any atom is -0.392 e. The summed E-state index contributed by atoms with van der Waals surface area (Å²) in [6.45, 7) is 1.50. The second-order valence-electron chi connectivity index (χ2n) is 3.06. The van der Waals surface area contributed by atoms with Gasteiger partial charge in [-0.3, -0.25) is 9.78 Å². The highest BCUT2D eigenvalue weighted by molar-refractivity contribution is 5.94. The highest BCUT2D eigenvalue weighted by Crippen LogP contribution is 2.13. The molecule has 0 radical (unpaired) electrons. The highest BCUT2D eigenvalue weighted by Gasteiger charge is 2.13. The van der Waals surface area contributed by atoms with Gasteiger partial charge in [-0.15, -0.1) is 0 Å². The zero-order chi connectivity index (χ0) is 11.3. The first-order chi connectivity index (χ1) is 7.19. The first kappa shape index (κ1) is 11.6. The average Bonchev–Trinajstić information content (AvgIpc) is 2.28. The van der Waals surface area contributed by atoms with Crippen molar-refractivity contribution in [1.82, 2.24) is 4.98 Å². The molecular weight excluding hydrogens is 196 g/mol. The Kier molecular flexibility index (Phi) is 4.20. The summed E-state index contributed by atoms with van der Waals surface area (Å²) in [5.74, 6) is -0.264. The predicted molar refractivity (Wildman–Crippen MR) is 55.3 cm³/mol. The molecule has 1 aromatic heterocycles. The van der Waals surface area contributed by atoms with Crippen molar-refractivity contribution in [3.8, 4) is 0 Å². The Balaban J connectivity index is 2.76. The maximum Gasteiger partial charge on any atom is 0.253 e. The summed E-state index contributed by atoms with van der Waals surface area (Å²) in [5.41, 5.74) is 1.13. The van der Waals surface area contributed by atoms with E-state index in [1.54, 1.807) is 19.2 Å². The number of amides is 1. The first-order valence-electron chi connectivity index (χ1n) is 4.56. The fraction of sp³-hybridized carbons (Fsp3) is 0.400. The molecule has 0 bridgehead atoms. The summed E-state index contributed by atoms with van der Waals surface area (Å²) in [6.07, 6.45) is 2.52. The number of aromatic nitrogens is 1. The topological polar surface area (TPSA) is 71.5 Å². The van der Waals surface area contributed by atoms with Crippen LogP contribution in [0.3, 0.4) is 0 Å². The molecule has 0 aliphatic rings. The Labute approximate surface area is 88.1 Å². The molecule has 0 aliphatic heterocycles. The van der Waals surface area contributed by atoms with Crippen LogP contribution >= 0.6 is 0 Å². The lowest BCUT2D eigenvalue weighted by Crippen LogP contribution is -2.27. The third-order valence-electron chi connectivity index (χ3n) is 2.06. The van der Waals surface area contributed by atoms with Gasteiger partial charge in [0.05, 0.1) is 18.5 Å². The minimum absolute atomic E-state index is 0.139. The van der Waals surface area contributed by atoms with Crippen LogP contribution in [0.4, 0.5) is 5.69 Å². The SMILES string of the molecule is COC(C)C(=O)Nc1cnccc1CO. The Morgan fingerprint density at radius 1 is 1.73 bits per heavy atom. The molecule has 0 aromatic carbocycles. The van der Waals surface area contributed by atoms with E-state index in [1.165, 1.54) is 13.3 Å². The van der Waals surface area contributed by atoms with Gasteiger partial charge in [-0.25, -0.2) is 0 Å². The normalized spacial score (nSPS) is 12.2. The number of rotatable bonds is 4. The largest absolute Gasteiger partial charge is 0.392 e. The van der Waals surface area contributed by atoms with Gasteiger partial charge in [-0.05, 0) is 13.0 Å². The molecule has 5 heteroatoms. The van der Waals surface area contributed by atoms with Crippen LogP contribution in [0.5, 0.6) is 0 Å².